The van der Waals surface area contributed by atoms with E-state index in [0.717, 1.165) is 38.3 Å². The van der Waals surface area contributed by atoms with Crippen molar-refractivity contribution in [3.8, 4) is 0 Å². The smallest absolute Gasteiger partial charge is 0.326 e. The van der Waals surface area contributed by atoms with Crippen LogP contribution in [0.3, 0.4) is 0 Å². The SMILES string of the molecule is CCOC(=O)C1(N)CCC(N2CCCC(C)CC2)C1. The predicted molar refractivity (Wildman–Crippen MR) is 75.8 cm³/mol. The Morgan fingerprint density at radius 2 is 2.16 bits per heavy atom. The molecule has 1 aliphatic carbocycles. The Balaban J connectivity index is 1.92. The zero-order chi connectivity index (χ0) is 13.9. The van der Waals surface area contributed by atoms with Gasteiger partial charge in [0.25, 0.3) is 0 Å². The lowest BCUT2D eigenvalue weighted by Crippen LogP contribution is -2.48. The van der Waals surface area contributed by atoms with Gasteiger partial charge in [-0.1, -0.05) is 6.92 Å². The average Bonchev–Trinajstić information content (AvgIpc) is 2.65. The molecule has 2 aliphatic rings. The van der Waals surface area contributed by atoms with E-state index in [0.29, 0.717) is 12.6 Å². The zero-order valence-electron chi connectivity index (χ0n) is 12.4. The highest BCUT2D eigenvalue weighted by molar-refractivity contribution is 5.81. The molecule has 0 radical (unpaired) electrons. The van der Waals surface area contributed by atoms with Gasteiger partial charge in [0.2, 0.25) is 0 Å². The van der Waals surface area contributed by atoms with Gasteiger partial charge in [-0.25, -0.2) is 0 Å². The molecule has 2 rings (SSSR count). The highest BCUT2D eigenvalue weighted by Crippen LogP contribution is 2.33. The molecule has 3 atom stereocenters. The fraction of sp³-hybridized carbons (Fsp3) is 0.933. The molecule has 0 aromatic heterocycles. The number of nitrogens with zero attached hydrogens (tertiary/aromatic N) is 1. The molecule has 2 N–H and O–H groups in total. The summed E-state index contributed by atoms with van der Waals surface area (Å²) in [6.45, 7) is 6.91. The fourth-order valence-electron chi connectivity index (χ4n) is 3.47. The van der Waals surface area contributed by atoms with E-state index in [-0.39, 0.29) is 5.97 Å². The standard InChI is InChI=1S/C15H28N2O2/c1-3-19-14(18)15(16)8-6-13(11-15)17-9-4-5-12(2)7-10-17/h12-13H,3-11,16H2,1-2H3. The molecule has 3 unspecified atom stereocenters. The zero-order valence-corrected chi connectivity index (χ0v) is 12.4. The van der Waals surface area contributed by atoms with Gasteiger partial charge in [0.1, 0.15) is 5.54 Å². The first-order valence-corrected chi connectivity index (χ1v) is 7.75. The van der Waals surface area contributed by atoms with Crippen LogP contribution in [0.4, 0.5) is 0 Å². The third-order valence-corrected chi connectivity index (χ3v) is 4.77. The second-order valence-electron chi connectivity index (χ2n) is 6.35. The summed E-state index contributed by atoms with van der Waals surface area (Å²) in [5, 5.41) is 0. The van der Waals surface area contributed by atoms with Gasteiger partial charge >= 0.3 is 5.97 Å². The maximum atomic E-state index is 11.9. The molecular formula is C15H28N2O2. The van der Waals surface area contributed by atoms with E-state index in [2.05, 4.69) is 11.8 Å². The van der Waals surface area contributed by atoms with Crippen molar-refractivity contribution in [3.05, 3.63) is 0 Å². The van der Waals surface area contributed by atoms with Crippen LogP contribution in [0, 0.1) is 5.92 Å². The second-order valence-corrected chi connectivity index (χ2v) is 6.35. The monoisotopic (exact) mass is 268 g/mol. The molecule has 0 aromatic rings. The highest BCUT2D eigenvalue weighted by Gasteiger charge is 2.44. The number of esters is 1. The Bertz CT molecular complexity index is 321. The van der Waals surface area contributed by atoms with Gasteiger partial charge in [0.05, 0.1) is 6.61 Å². The Labute approximate surface area is 116 Å². The number of hydrogen-bond donors (Lipinski definition) is 1. The quantitative estimate of drug-likeness (QED) is 0.795. The van der Waals surface area contributed by atoms with Crippen LogP contribution in [0.15, 0.2) is 0 Å². The molecule has 4 heteroatoms. The van der Waals surface area contributed by atoms with Gasteiger partial charge < -0.3 is 15.4 Å². The van der Waals surface area contributed by atoms with Crippen molar-refractivity contribution >= 4 is 5.97 Å². The van der Waals surface area contributed by atoms with E-state index in [1.165, 1.54) is 19.3 Å². The lowest BCUT2D eigenvalue weighted by Gasteiger charge is -2.29. The summed E-state index contributed by atoms with van der Waals surface area (Å²) in [5.41, 5.74) is 5.51. The number of carbonyl (C=O) groups excluding carboxylic acids is 1. The minimum atomic E-state index is -0.738. The van der Waals surface area contributed by atoms with Gasteiger partial charge in [-0.3, -0.25) is 4.79 Å². The summed E-state index contributed by atoms with van der Waals surface area (Å²) < 4.78 is 5.12. The van der Waals surface area contributed by atoms with E-state index >= 15 is 0 Å². The van der Waals surface area contributed by atoms with Gasteiger partial charge in [-0.15, -0.1) is 0 Å². The van der Waals surface area contributed by atoms with E-state index < -0.39 is 5.54 Å². The van der Waals surface area contributed by atoms with Crippen LogP contribution < -0.4 is 5.73 Å². The molecule has 2 fully saturated rings. The molecule has 1 heterocycles. The topological polar surface area (TPSA) is 55.6 Å². The number of carbonyl (C=O) groups is 1. The van der Waals surface area contributed by atoms with Crippen molar-refractivity contribution in [1.82, 2.24) is 4.90 Å². The molecule has 0 amide bonds. The van der Waals surface area contributed by atoms with Crippen molar-refractivity contribution in [2.24, 2.45) is 11.7 Å². The van der Waals surface area contributed by atoms with Gasteiger partial charge in [-0.05, 0) is 64.5 Å². The van der Waals surface area contributed by atoms with Gasteiger partial charge in [0.15, 0.2) is 0 Å². The molecule has 0 spiro atoms. The lowest BCUT2D eigenvalue weighted by molar-refractivity contribution is -0.149. The molecule has 110 valence electrons. The van der Waals surface area contributed by atoms with Crippen LogP contribution >= 0.6 is 0 Å². The summed E-state index contributed by atoms with van der Waals surface area (Å²) in [4.78, 5) is 14.5. The molecular weight excluding hydrogens is 240 g/mol. The average molecular weight is 268 g/mol. The minimum Gasteiger partial charge on any atom is -0.465 e. The maximum absolute atomic E-state index is 11.9. The van der Waals surface area contributed by atoms with Crippen LogP contribution in [0.25, 0.3) is 0 Å². The van der Waals surface area contributed by atoms with Gasteiger partial charge in [0, 0.05) is 6.04 Å². The van der Waals surface area contributed by atoms with Crippen molar-refractivity contribution in [2.45, 2.75) is 64.0 Å². The summed E-state index contributed by atoms with van der Waals surface area (Å²) in [5.74, 6) is 0.625. The Hall–Kier alpha value is -0.610. The van der Waals surface area contributed by atoms with E-state index in [1.54, 1.807) is 0 Å². The first-order chi connectivity index (χ1) is 9.05. The molecule has 19 heavy (non-hydrogen) atoms. The summed E-state index contributed by atoms with van der Waals surface area (Å²) >= 11 is 0. The molecule has 1 saturated heterocycles. The molecule has 0 bridgehead atoms. The highest BCUT2D eigenvalue weighted by atomic mass is 16.5. The summed E-state index contributed by atoms with van der Waals surface area (Å²) in [6, 6.07) is 0.472. The maximum Gasteiger partial charge on any atom is 0.326 e. The van der Waals surface area contributed by atoms with Crippen molar-refractivity contribution in [3.63, 3.8) is 0 Å². The van der Waals surface area contributed by atoms with E-state index in [9.17, 15) is 4.79 Å². The second kappa shape index (κ2) is 6.23. The third kappa shape index (κ3) is 3.48. The Kier molecular flexibility index (Phi) is 4.85. The lowest BCUT2D eigenvalue weighted by atomic mass is 9.99. The number of ether oxygens (including phenoxy) is 1. The molecule has 4 nitrogen and oxygen atoms in total. The van der Waals surface area contributed by atoms with Crippen molar-refractivity contribution < 1.29 is 9.53 Å². The summed E-state index contributed by atoms with van der Waals surface area (Å²) in [6.07, 6.45) is 6.43. The minimum absolute atomic E-state index is 0.208. The molecule has 1 aliphatic heterocycles. The number of hydrogen-bond acceptors (Lipinski definition) is 4. The third-order valence-electron chi connectivity index (χ3n) is 4.77. The first kappa shape index (κ1) is 14.8. The van der Waals surface area contributed by atoms with E-state index in [4.69, 9.17) is 10.5 Å². The van der Waals surface area contributed by atoms with Crippen molar-refractivity contribution in [2.75, 3.05) is 19.7 Å². The Morgan fingerprint density at radius 3 is 2.89 bits per heavy atom. The normalized spacial score (nSPS) is 37.0. The largest absolute Gasteiger partial charge is 0.465 e. The number of nitrogens with two attached hydrogens (primary N) is 1. The van der Waals surface area contributed by atoms with Gasteiger partial charge in [-0.2, -0.15) is 0 Å². The predicted octanol–water partition coefficient (Wildman–Crippen LogP) is 1.92. The van der Waals surface area contributed by atoms with Crippen LogP contribution in [0.2, 0.25) is 0 Å². The molecule has 0 aromatic carbocycles. The van der Waals surface area contributed by atoms with Crippen LogP contribution in [-0.2, 0) is 9.53 Å². The van der Waals surface area contributed by atoms with Crippen LogP contribution in [-0.4, -0.2) is 42.1 Å². The van der Waals surface area contributed by atoms with Crippen LogP contribution in [0.5, 0.6) is 0 Å². The number of likely N-dealkylation sites (tertiary alicyclic amines) is 1. The Morgan fingerprint density at radius 1 is 1.37 bits per heavy atom. The van der Waals surface area contributed by atoms with E-state index in [1.807, 2.05) is 6.92 Å². The molecule has 1 saturated carbocycles. The number of rotatable bonds is 3. The van der Waals surface area contributed by atoms with Crippen molar-refractivity contribution in [1.29, 1.82) is 0 Å². The van der Waals surface area contributed by atoms with Crippen LogP contribution in [0.1, 0.15) is 52.4 Å². The summed E-state index contributed by atoms with van der Waals surface area (Å²) in [7, 11) is 0. The fourth-order valence-corrected chi connectivity index (χ4v) is 3.47. The first-order valence-electron chi connectivity index (χ1n) is 7.75.